The fourth-order valence-electron chi connectivity index (χ4n) is 2.32. The van der Waals surface area contributed by atoms with Gasteiger partial charge in [-0.2, -0.15) is 0 Å². The molecule has 0 amide bonds. The lowest BCUT2D eigenvalue weighted by atomic mass is 9.93. The maximum absolute atomic E-state index is 12.2. The number of ketones is 1. The van der Waals surface area contributed by atoms with E-state index in [4.69, 9.17) is 9.47 Å². The summed E-state index contributed by atoms with van der Waals surface area (Å²) in [6.45, 7) is 0. The number of aliphatic hydroxyl groups excluding tert-OH is 1. The Morgan fingerprint density at radius 3 is 2.60 bits per heavy atom. The van der Waals surface area contributed by atoms with Crippen molar-refractivity contribution in [1.29, 1.82) is 0 Å². The quantitative estimate of drug-likeness (QED) is 0.910. The number of hydrogen-bond donors (Lipinski definition) is 1. The van der Waals surface area contributed by atoms with Crippen LogP contribution in [0.1, 0.15) is 22.0 Å². The second kappa shape index (κ2) is 4.98. The SMILES string of the molecule is COc1ccc2c(c1)O[C@@H](c1ccccc1)[C@@H](O)C2=O. The molecule has 0 saturated carbocycles. The maximum Gasteiger partial charge on any atom is 0.199 e. The molecule has 4 heteroatoms. The first-order valence-electron chi connectivity index (χ1n) is 6.32. The fourth-order valence-corrected chi connectivity index (χ4v) is 2.32. The highest BCUT2D eigenvalue weighted by molar-refractivity contribution is 6.03. The number of benzene rings is 2. The molecule has 2 aromatic carbocycles. The second-order valence-electron chi connectivity index (χ2n) is 4.62. The number of fused-ring (bicyclic) bond motifs is 1. The van der Waals surface area contributed by atoms with Crippen molar-refractivity contribution < 1.29 is 19.4 Å². The lowest BCUT2D eigenvalue weighted by Crippen LogP contribution is -2.36. The zero-order valence-corrected chi connectivity index (χ0v) is 10.9. The lowest BCUT2D eigenvalue weighted by molar-refractivity contribution is 0.0215. The highest BCUT2D eigenvalue weighted by Gasteiger charge is 2.36. The molecular weight excluding hydrogens is 256 g/mol. The standard InChI is InChI=1S/C16H14O4/c1-19-11-7-8-12-13(9-11)20-16(15(18)14(12)17)10-5-3-2-4-6-10/h2-9,15-16,18H,1H3/t15-,16-/m0/s1. The highest BCUT2D eigenvalue weighted by atomic mass is 16.5. The molecule has 0 aromatic heterocycles. The third kappa shape index (κ3) is 2.04. The molecule has 1 aliphatic rings. The summed E-state index contributed by atoms with van der Waals surface area (Å²) < 4.78 is 10.9. The van der Waals surface area contributed by atoms with Gasteiger partial charge in [0.1, 0.15) is 11.5 Å². The monoisotopic (exact) mass is 270 g/mol. The Kier molecular flexibility index (Phi) is 3.16. The smallest absolute Gasteiger partial charge is 0.199 e. The van der Waals surface area contributed by atoms with Gasteiger partial charge in [-0.25, -0.2) is 0 Å². The minimum Gasteiger partial charge on any atom is -0.497 e. The Labute approximate surface area is 116 Å². The van der Waals surface area contributed by atoms with E-state index in [1.165, 1.54) is 0 Å². The van der Waals surface area contributed by atoms with E-state index in [1.54, 1.807) is 25.3 Å². The van der Waals surface area contributed by atoms with Crippen molar-refractivity contribution in [3.63, 3.8) is 0 Å². The summed E-state index contributed by atoms with van der Waals surface area (Å²) in [6.07, 6.45) is -1.89. The van der Waals surface area contributed by atoms with E-state index in [9.17, 15) is 9.90 Å². The summed E-state index contributed by atoms with van der Waals surface area (Å²) in [7, 11) is 1.55. The average molecular weight is 270 g/mol. The van der Waals surface area contributed by atoms with Crippen LogP contribution in [0.3, 0.4) is 0 Å². The van der Waals surface area contributed by atoms with Crippen molar-refractivity contribution in [1.82, 2.24) is 0 Å². The molecule has 4 nitrogen and oxygen atoms in total. The Morgan fingerprint density at radius 2 is 1.90 bits per heavy atom. The molecule has 102 valence electrons. The highest BCUT2D eigenvalue weighted by Crippen LogP contribution is 2.37. The van der Waals surface area contributed by atoms with Crippen LogP contribution in [0.5, 0.6) is 11.5 Å². The number of Topliss-reactive ketones (excluding diaryl/α,β-unsaturated/α-hetero) is 1. The topological polar surface area (TPSA) is 55.8 Å². The molecule has 2 aromatic rings. The van der Waals surface area contributed by atoms with Gasteiger partial charge in [0.15, 0.2) is 18.0 Å². The van der Waals surface area contributed by atoms with Gasteiger partial charge in [0.2, 0.25) is 0 Å². The zero-order valence-electron chi connectivity index (χ0n) is 10.9. The number of rotatable bonds is 2. The minimum atomic E-state index is -1.20. The second-order valence-corrected chi connectivity index (χ2v) is 4.62. The zero-order chi connectivity index (χ0) is 14.1. The molecule has 0 bridgehead atoms. The summed E-state index contributed by atoms with van der Waals surface area (Å²) in [5, 5.41) is 10.2. The van der Waals surface area contributed by atoms with Crippen LogP contribution in [0.4, 0.5) is 0 Å². The lowest BCUT2D eigenvalue weighted by Gasteiger charge is -2.29. The third-order valence-corrected chi connectivity index (χ3v) is 3.39. The first kappa shape index (κ1) is 12.7. The van der Waals surface area contributed by atoms with Gasteiger partial charge in [-0.1, -0.05) is 30.3 Å². The summed E-state index contributed by atoms with van der Waals surface area (Å²) in [4.78, 5) is 12.2. The predicted octanol–water partition coefficient (Wildman–Crippen LogP) is 2.37. The molecule has 1 N–H and O–H groups in total. The van der Waals surface area contributed by atoms with Crippen LogP contribution in [-0.4, -0.2) is 24.1 Å². The largest absolute Gasteiger partial charge is 0.497 e. The number of carbonyl (C=O) groups is 1. The number of methoxy groups -OCH3 is 1. The number of hydrogen-bond acceptors (Lipinski definition) is 4. The van der Waals surface area contributed by atoms with Crippen LogP contribution in [0.2, 0.25) is 0 Å². The van der Waals surface area contributed by atoms with E-state index < -0.39 is 12.2 Å². The van der Waals surface area contributed by atoms with Crippen molar-refractivity contribution in [2.24, 2.45) is 0 Å². The number of carbonyl (C=O) groups excluding carboxylic acids is 1. The first-order chi connectivity index (χ1) is 9.70. The molecule has 0 radical (unpaired) electrons. The molecular formula is C16H14O4. The van der Waals surface area contributed by atoms with Gasteiger partial charge in [-0.15, -0.1) is 0 Å². The first-order valence-corrected chi connectivity index (χ1v) is 6.32. The van der Waals surface area contributed by atoms with E-state index >= 15 is 0 Å². The van der Waals surface area contributed by atoms with Crippen LogP contribution in [0.15, 0.2) is 48.5 Å². The van der Waals surface area contributed by atoms with Crippen molar-refractivity contribution in [2.75, 3.05) is 7.11 Å². The third-order valence-electron chi connectivity index (χ3n) is 3.39. The van der Waals surface area contributed by atoms with Crippen LogP contribution in [0, 0.1) is 0 Å². The average Bonchev–Trinajstić information content (AvgIpc) is 2.51. The van der Waals surface area contributed by atoms with E-state index in [-0.39, 0.29) is 5.78 Å². The Hall–Kier alpha value is -2.33. The van der Waals surface area contributed by atoms with Crippen LogP contribution >= 0.6 is 0 Å². The molecule has 3 rings (SSSR count). The van der Waals surface area contributed by atoms with Crippen molar-refractivity contribution in [3.8, 4) is 11.5 Å². The molecule has 0 fully saturated rings. The van der Waals surface area contributed by atoms with Crippen molar-refractivity contribution in [3.05, 3.63) is 59.7 Å². The van der Waals surface area contributed by atoms with Crippen LogP contribution < -0.4 is 9.47 Å². The van der Waals surface area contributed by atoms with Crippen molar-refractivity contribution >= 4 is 5.78 Å². The van der Waals surface area contributed by atoms with Gasteiger partial charge in [-0.05, 0) is 17.7 Å². The molecule has 0 saturated heterocycles. The molecule has 0 spiro atoms. The number of aliphatic hydroxyl groups is 1. The van der Waals surface area contributed by atoms with E-state index in [0.29, 0.717) is 17.1 Å². The minimum absolute atomic E-state index is 0.331. The van der Waals surface area contributed by atoms with Gasteiger partial charge in [0, 0.05) is 6.07 Å². The summed E-state index contributed by atoms with van der Waals surface area (Å²) >= 11 is 0. The fraction of sp³-hybridized carbons (Fsp3) is 0.188. The Bertz CT molecular complexity index is 636. The normalized spacial score (nSPS) is 21.0. The van der Waals surface area contributed by atoms with Crippen LogP contribution in [-0.2, 0) is 0 Å². The molecule has 2 atom stereocenters. The summed E-state index contributed by atoms with van der Waals surface area (Å²) in [5.41, 5.74) is 1.15. The van der Waals surface area contributed by atoms with Gasteiger partial charge in [-0.3, -0.25) is 4.79 Å². The van der Waals surface area contributed by atoms with Gasteiger partial charge in [0.05, 0.1) is 12.7 Å². The summed E-state index contributed by atoms with van der Waals surface area (Å²) in [5.74, 6) is 0.719. The van der Waals surface area contributed by atoms with Gasteiger partial charge >= 0.3 is 0 Å². The maximum atomic E-state index is 12.2. The van der Waals surface area contributed by atoms with Gasteiger partial charge in [0.25, 0.3) is 0 Å². The molecule has 0 unspecified atom stereocenters. The Morgan fingerprint density at radius 1 is 1.15 bits per heavy atom. The van der Waals surface area contributed by atoms with Gasteiger partial charge < -0.3 is 14.6 Å². The predicted molar refractivity (Wildman–Crippen MR) is 73.1 cm³/mol. The van der Waals surface area contributed by atoms with Crippen molar-refractivity contribution in [2.45, 2.75) is 12.2 Å². The molecule has 0 aliphatic carbocycles. The van der Waals surface area contributed by atoms with Crippen LogP contribution in [0.25, 0.3) is 0 Å². The molecule has 1 heterocycles. The molecule has 1 aliphatic heterocycles. The number of ether oxygens (including phenoxy) is 2. The van der Waals surface area contributed by atoms with E-state index in [1.807, 2.05) is 30.3 Å². The Balaban J connectivity index is 2.03. The summed E-state index contributed by atoms with van der Waals surface area (Å²) in [6, 6.07) is 14.2. The molecule has 20 heavy (non-hydrogen) atoms. The van der Waals surface area contributed by atoms with E-state index in [0.717, 1.165) is 5.56 Å². The van der Waals surface area contributed by atoms with E-state index in [2.05, 4.69) is 0 Å².